The van der Waals surface area contributed by atoms with Crippen molar-refractivity contribution < 1.29 is 13.6 Å². The summed E-state index contributed by atoms with van der Waals surface area (Å²) in [6.07, 6.45) is 4.73. The molecule has 2 bridgehead atoms. The SMILES string of the molecule is Cc1cc(-c2cnc(N)c(-c3ccc(NC(=O)c4c(NCC56CC(F)(C5)C6)ccn(-c5ccc(F)cc5)c4=O)cc3)c2)cc(C)n1. The van der Waals surface area contributed by atoms with Crippen LogP contribution in [-0.4, -0.2) is 32.7 Å². The van der Waals surface area contributed by atoms with Crippen LogP contribution in [0.25, 0.3) is 27.9 Å². The van der Waals surface area contributed by atoms with Crippen LogP contribution in [0.2, 0.25) is 0 Å². The molecule has 232 valence electrons. The first-order chi connectivity index (χ1) is 22.0. The van der Waals surface area contributed by atoms with Gasteiger partial charge >= 0.3 is 0 Å². The third kappa shape index (κ3) is 5.40. The number of pyridine rings is 3. The first-order valence-corrected chi connectivity index (χ1v) is 15.1. The Morgan fingerprint density at radius 3 is 2.26 bits per heavy atom. The number of hydrogen-bond donors (Lipinski definition) is 3. The number of carbonyl (C=O) groups excluding carboxylic acids is 1. The lowest BCUT2D eigenvalue weighted by molar-refractivity contribution is -0.204. The van der Waals surface area contributed by atoms with Gasteiger partial charge in [0, 0.05) is 52.8 Å². The average Bonchev–Trinajstić information content (AvgIpc) is 2.99. The van der Waals surface area contributed by atoms with Gasteiger partial charge in [0.2, 0.25) is 0 Å². The van der Waals surface area contributed by atoms with E-state index in [1.807, 2.05) is 44.2 Å². The van der Waals surface area contributed by atoms with Crippen LogP contribution in [0.5, 0.6) is 0 Å². The minimum absolute atomic E-state index is 0.0958. The molecule has 3 fully saturated rings. The number of aryl methyl sites for hydroxylation is 2. The Kier molecular flexibility index (Phi) is 6.95. The second kappa shape index (κ2) is 10.9. The molecular formula is C36H32F2N6O2. The van der Waals surface area contributed by atoms with Gasteiger partial charge in [0.15, 0.2) is 0 Å². The first-order valence-electron chi connectivity index (χ1n) is 15.1. The summed E-state index contributed by atoms with van der Waals surface area (Å²) in [5.41, 5.74) is 10.9. The number of anilines is 3. The molecule has 3 aliphatic carbocycles. The van der Waals surface area contributed by atoms with E-state index in [0.717, 1.165) is 33.6 Å². The molecule has 10 heteroatoms. The number of aromatic nitrogens is 3. The number of nitrogen functional groups attached to an aromatic ring is 1. The van der Waals surface area contributed by atoms with E-state index in [1.54, 1.807) is 30.6 Å². The maximum absolute atomic E-state index is 14.1. The zero-order valence-electron chi connectivity index (χ0n) is 25.4. The van der Waals surface area contributed by atoms with Gasteiger partial charge in [-0.1, -0.05) is 12.1 Å². The highest BCUT2D eigenvalue weighted by molar-refractivity contribution is 6.08. The zero-order chi connectivity index (χ0) is 32.2. The lowest BCUT2D eigenvalue weighted by Crippen LogP contribution is -2.66. The van der Waals surface area contributed by atoms with Crippen molar-refractivity contribution in [1.82, 2.24) is 14.5 Å². The Bertz CT molecular complexity index is 2020. The van der Waals surface area contributed by atoms with Crippen molar-refractivity contribution in [1.29, 1.82) is 0 Å². The molecule has 2 aromatic carbocycles. The Morgan fingerprint density at radius 1 is 0.935 bits per heavy atom. The van der Waals surface area contributed by atoms with Gasteiger partial charge < -0.3 is 16.4 Å². The zero-order valence-corrected chi connectivity index (χ0v) is 25.4. The maximum Gasteiger partial charge on any atom is 0.270 e. The quantitative estimate of drug-likeness (QED) is 0.175. The van der Waals surface area contributed by atoms with Gasteiger partial charge in [-0.05, 0) is 110 Å². The van der Waals surface area contributed by atoms with E-state index in [1.165, 1.54) is 28.8 Å². The van der Waals surface area contributed by atoms with Crippen LogP contribution in [0.15, 0.2) is 90.0 Å². The number of nitrogens with zero attached hydrogens (tertiary/aromatic N) is 3. The standard InChI is InChI=1S/C36H32F2N6O2/c1-21-13-24(14-22(2)42-21)25-15-29(32(39)40-16-25)23-3-7-27(8-4-23)43-33(45)31-30(41-20-35-17-36(38,18-35)19-35)11-12-44(34(31)46)28-9-5-26(37)6-10-28/h3-16,41H,17-20H2,1-2H3,(H2,39,40)(H,43,45). The van der Waals surface area contributed by atoms with E-state index in [0.29, 0.717) is 48.7 Å². The van der Waals surface area contributed by atoms with Crippen molar-refractivity contribution in [2.45, 2.75) is 38.8 Å². The number of nitrogens with one attached hydrogen (secondary N) is 2. The smallest absolute Gasteiger partial charge is 0.270 e. The van der Waals surface area contributed by atoms with E-state index >= 15 is 0 Å². The largest absolute Gasteiger partial charge is 0.384 e. The number of amides is 1. The molecule has 0 radical (unpaired) electrons. The van der Waals surface area contributed by atoms with Crippen LogP contribution in [-0.2, 0) is 0 Å². The van der Waals surface area contributed by atoms with Crippen LogP contribution in [0, 0.1) is 25.1 Å². The summed E-state index contributed by atoms with van der Waals surface area (Å²) in [7, 11) is 0. The molecule has 0 atom stereocenters. The van der Waals surface area contributed by atoms with Crippen molar-refractivity contribution in [3.8, 4) is 27.9 Å². The van der Waals surface area contributed by atoms with Gasteiger partial charge in [-0.2, -0.15) is 0 Å². The highest BCUT2D eigenvalue weighted by Crippen LogP contribution is 2.69. The topological polar surface area (TPSA) is 115 Å². The van der Waals surface area contributed by atoms with E-state index in [-0.39, 0.29) is 11.0 Å². The predicted octanol–water partition coefficient (Wildman–Crippen LogP) is 6.86. The fourth-order valence-electron chi connectivity index (χ4n) is 6.83. The molecule has 1 amide bonds. The third-order valence-corrected chi connectivity index (χ3v) is 8.94. The lowest BCUT2D eigenvalue weighted by Gasteiger charge is -2.66. The highest BCUT2D eigenvalue weighted by Gasteiger charge is 2.68. The number of benzene rings is 2. The van der Waals surface area contributed by atoms with Gasteiger partial charge in [-0.25, -0.2) is 13.8 Å². The Labute approximate surface area is 264 Å². The second-order valence-electron chi connectivity index (χ2n) is 12.6. The molecule has 3 saturated carbocycles. The number of halogens is 2. The van der Waals surface area contributed by atoms with Crippen molar-refractivity contribution in [2.24, 2.45) is 5.41 Å². The summed E-state index contributed by atoms with van der Waals surface area (Å²) in [5, 5.41) is 6.09. The van der Waals surface area contributed by atoms with Crippen molar-refractivity contribution in [3.05, 3.63) is 118 Å². The molecule has 8 rings (SSSR count). The summed E-state index contributed by atoms with van der Waals surface area (Å²) in [6, 6.07) is 20.2. The van der Waals surface area contributed by atoms with Gasteiger partial charge in [0.05, 0.1) is 5.69 Å². The first kappa shape index (κ1) is 29.3. The fraction of sp³-hybridized carbons (Fsp3) is 0.222. The summed E-state index contributed by atoms with van der Waals surface area (Å²) >= 11 is 0. The number of hydrogen-bond acceptors (Lipinski definition) is 6. The number of alkyl halides is 1. The molecule has 8 nitrogen and oxygen atoms in total. The molecule has 46 heavy (non-hydrogen) atoms. The van der Waals surface area contributed by atoms with Gasteiger partial charge in [0.25, 0.3) is 11.5 Å². The van der Waals surface area contributed by atoms with Gasteiger partial charge in [-0.3, -0.25) is 19.1 Å². The Morgan fingerprint density at radius 2 is 1.61 bits per heavy atom. The predicted molar refractivity (Wildman–Crippen MR) is 175 cm³/mol. The van der Waals surface area contributed by atoms with E-state index in [4.69, 9.17) is 5.73 Å². The molecule has 0 aliphatic heterocycles. The monoisotopic (exact) mass is 618 g/mol. The molecule has 3 aliphatic rings. The normalized spacial score (nSPS) is 19.6. The number of rotatable bonds is 8. The van der Waals surface area contributed by atoms with Crippen LogP contribution in [0.1, 0.15) is 41.0 Å². The second-order valence-corrected chi connectivity index (χ2v) is 12.6. The van der Waals surface area contributed by atoms with E-state index in [9.17, 15) is 18.4 Å². The fourth-order valence-corrected chi connectivity index (χ4v) is 6.83. The van der Waals surface area contributed by atoms with Crippen molar-refractivity contribution in [3.63, 3.8) is 0 Å². The highest BCUT2D eigenvalue weighted by atomic mass is 19.1. The third-order valence-electron chi connectivity index (χ3n) is 8.94. The van der Waals surface area contributed by atoms with Crippen LogP contribution < -0.4 is 21.9 Å². The maximum atomic E-state index is 14.1. The summed E-state index contributed by atoms with van der Waals surface area (Å²) in [6.45, 7) is 4.35. The number of nitrogens with two attached hydrogens (primary N) is 1. The van der Waals surface area contributed by atoms with E-state index in [2.05, 4.69) is 20.6 Å². The van der Waals surface area contributed by atoms with Crippen LogP contribution >= 0.6 is 0 Å². The summed E-state index contributed by atoms with van der Waals surface area (Å²) in [4.78, 5) is 36.3. The molecule has 0 unspecified atom stereocenters. The minimum atomic E-state index is -1.06. The lowest BCUT2D eigenvalue weighted by atomic mass is 9.42. The van der Waals surface area contributed by atoms with E-state index < -0.39 is 23.0 Å². The molecule has 3 aromatic heterocycles. The molecule has 5 aromatic rings. The summed E-state index contributed by atoms with van der Waals surface area (Å²) in [5.74, 6) is -0.679. The Balaban J connectivity index is 1.16. The van der Waals surface area contributed by atoms with Gasteiger partial charge in [-0.15, -0.1) is 0 Å². The molecule has 0 saturated heterocycles. The minimum Gasteiger partial charge on any atom is -0.384 e. The van der Waals surface area contributed by atoms with Crippen LogP contribution in [0.3, 0.4) is 0 Å². The molecule has 4 N–H and O–H groups in total. The Hall–Kier alpha value is -5.38. The summed E-state index contributed by atoms with van der Waals surface area (Å²) < 4.78 is 29.0. The van der Waals surface area contributed by atoms with Crippen molar-refractivity contribution >= 4 is 23.1 Å². The molecule has 0 spiro atoms. The molecular weight excluding hydrogens is 586 g/mol. The average molecular weight is 619 g/mol. The molecule has 3 heterocycles. The van der Waals surface area contributed by atoms with Crippen molar-refractivity contribution in [2.75, 3.05) is 22.9 Å². The van der Waals surface area contributed by atoms with Crippen LogP contribution in [0.4, 0.5) is 26.0 Å². The number of carbonyl (C=O) groups is 1. The van der Waals surface area contributed by atoms with Gasteiger partial charge in [0.1, 0.15) is 22.9 Å².